The average Bonchev–Trinajstić information content (AvgIpc) is 3.08. The lowest BCUT2D eigenvalue weighted by Gasteiger charge is -2.29. The standard InChI is InChI=1S/C17H26N2O5/c1-11(20)19(10-16(21)22)12-3-2-7-18(8-6-12)17(23)14-9-13-4-5-15(14)24-13/h12-15H,2-10H2,1H3,(H,21,22). The highest BCUT2D eigenvalue weighted by atomic mass is 16.5. The number of aliphatic carboxylic acids is 1. The predicted octanol–water partition coefficient (Wildman–Crippen LogP) is 0.868. The molecule has 0 saturated carbocycles. The Morgan fingerprint density at radius 1 is 1.17 bits per heavy atom. The van der Waals surface area contributed by atoms with Gasteiger partial charge in [-0.05, 0) is 38.5 Å². The van der Waals surface area contributed by atoms with Crippen molar-refractivity contribution in [1.82, 2.24) is 9.80 Å². The number of fused-ring (bicyclic) bond motifs is 2. The van der Waals surface area contributed by atoms with Gasteiger partial charge in [0.1, 0.15) is 6.54 Å². The van der Waals surface area contributed by atoms with Crippen molar-refractivity contribution in [2.75, 3.05) is 19.6 Å². The maximum Gasteiger partial charge on any atom is 0.323 e. The molecule has 4 atom stereocenters. The second-order valence-corrected chi connectivity index (χ2v) is 7.17. The Bertz CT molecular complexity index is 523. The minimum absolute atomic E-state index is 0.0109. The quantitative estimate of drug-likeness (QED) is 0.822. The summed E-state index contributed by atoms with van der Waals surface area (Å²) in [7, 11) is 0. The van der Waals surface area contributed by atoms with Crippen molar-refractivity contribution in [2.45, 2.75) is 63.7 Å². The summed E-state index contributed by atoms with van der Waals surface area (Å²) in [6.45, 7) is 2.40. The van der Waals surface area contributed by atoms with Gasteiger partial charge in [0.15, 0.2) is 0 Å². The first-order valence-electron chi connectivity index (χ1n) is 8.89. The van der Waals surface area contributed by atoms with Crippen LogP contribution in [0, 0.1) is 5.92 Å². The number of hydrogen-bond donors (Lipinski definition) is 1. The van der Waals surface area contributed by atoms with Crippen LogP contribution in [0.5, 0.6) is 0 Å². The molecular weight excluding hydrogens is 312 g/mol. The molecule has 0 aromatic heterocycles. The van der Waals surface area contributed by atoms with Crippen molar-refractivity contribution in [3.63, 3.8) is 0 Å². The number of hydrogen-bond acceptors (Lipinski definition) is 4. The second kappa shape index (κ2) is 7.09. The molecule has 3 heterocycles. The number of carbonyl (C=O) groups is 3. The zero-order valence-corrected chi connectivity index (χ0v) is 14.1. The molecule has 4 unspecified atom stereocenters. The van der Waals surface area contributed by atoms with Gasteiger partial charge in [0.2, 0.25) is 11.8 Å². The molecule has 0 aliphatic carbocycles. The smallest absolute Gasteiger partial charge is 0.323 e. The van der Waals surface area contributed by atoms with E-state index in [1.54, 1.807) is 0 Å². The number of nitrogens with zero attached hydrogens (tertiary/aromatic N) is 2. The zero-order chi connectivity index (χ0) is 17.3. The van der Waals surface area contributed by atoms with Gasteiger partial charge >= 0.3 is 5.97 Å². The Morgan fingerprint density at radius 3 is 2.54 bits per heavy atom. The van der Waals surface area contributed by atoms with Crippen LogP contribution in [0.3, 0.4) is 0 Å². The molecule has 3 aliphatic heterocycles. The molecule has 3 aliphatic rings. The van der Waals surface area contributed by atoms with Crippen LogP contribution in [0.2, 0.25) is 0 Å². The molecule has 0 radical (unpaired) electrons. The third-order valence-electron chi connectivity index (χ3n) is 5.58. The highest BCUT2D eigenvalue weighted by Gasteiger charge is 2.45. The maximum atomic E-state index is 12.8. The molecule has 3 fully saturated rings. The molecule has 134 valence electrons. The molecule has 0 aromatic carbocycles. The average molecular weight is 338 g/mol. The van der Waals surface area contributed by atoms with E-state index >= 15 is 0 Å². The van der Waals surface area contributed by atoms with Crippen LogP contribution in [0.15, 0.2) is 0 Å². The number of carbonyl (C=O) groups excluding carboxylic acids is 2. The van der Waals surface area contributed by atoms with Gasteiger partial charge in [0.25, 0.3) is 0 Å². The first-order valence-corrected chi connectivity index (χ1v) is 8.89. The summed E-state index contributed by atoms with van der Waals surface area (Å²) in [6, 6.07) is -0.104. The SMILES string of the molecule is CC(=O)N(CC(=O)O)C1CCCN(C(=O)C2CC3CCC2O3)CC1. The van der Waals surface area contributed by atoms with Crippen LogP contribution in [-0.2, 0) is 19.1 Å². The van der Waals surface area contributed by atoms with Crippen molar-refractivity contribution in [3.8, 4) is 0 Å². The minimum atomic E-state index is -0.999. The van der Waals surface area contributed by atoms with E-state index in [9.17, 15) is 14.4 Å². The van der Waals surface area contributed by atoms with Crippen molar-refractivity contribution in [3.05, 3.63) is 0 Å². The fourth-order valence-corrected chi connectivity index (χ4v) is 4.39. The molecule has 24 heavy (non-hydrogen) atoms. The summed E-state index contributed by atoms with van der Waals surface area (Å²) in [5, 5.41) is 9.01. The van der Waals surface area contributed by atoms with Gasteiger partial charge in [-0.15, -0.1) is 0 Å². The number of rotatable bonds is 4. The van der Waals surface area contributed by atoms with Gasteiger partial charge in [0.05, 0.1) is 18.1 Å². The molecule has 1 N–H and O–H groups in total. The summed E-state index contributed by atoms with van der Waals surface area (Å²) in [4.78, 5) is 38.9. The third kappa shape index (κ3) is 3.55. The fourth-order valence-electron chi connectivity index (χ4n) is 4.39. The molecule has 2 amide bonds. The Labute approximate surface area is 141 Å². The lowest BCUT2D eigenvalue weighted by Crippen LogP contribution is -2.44. The van der Waals surface area contributed by atoms with E-state index in [4.69, 9.17) is 9.84 Å². The van der Waals surface area contributed by atoms with Crippen LogP contribution in [0.4, 0.5) is 0 Å². The normalized spacial score (nSPS) is 32.5. The van der Waals surface area contributed by atoms with Gasteiger partial charge in [-0.3, -0.25) is 14.4 Å². The summed E-state index contributed by atoms with van der Waals surface area (Å²) >= 11 is 0. The number of ether oxygens (including phenoxy) is 1. The summed E-state index contributed by atoms with van der Waals surface area (Å²) in [6.07, 6.45) is 5.40. The van der Waals surface area contributed by atoms with Crippen LogP contribution in [0.1, 0.15) is 45.4 Å². The summed E-state index contributed by atoms with van der Waals surface area (Å²) in [5.41, 5.74) is 0. The van der Waals surface area contributed by atoms with E-state index in [-0.39, 0.29) is 42.5 Å². The number of carboxylic acids is 1. The predicted molar refractivity (Wildman–Crippen MR) is 85.2 cm³/mol. The first kappa shape index (κ1) is 17.2. The van der Waals surface area contributed by atoms with Crippen LogP contribution >= 0.6 is 0 Å². The van der Waals surface area contributed by atoms with Gasteiger partial charge in [0, 0.05) is 26.1 Å². The Morgan fingerprint density at radius 2 is 1.96 bits per heavy atom. The monoisotopic (exact) mass is 338 g/mol. The molecule has 0 spiro atoms. The van der Waals surface area contributed by atoms with Crippen LogP contribution in [0.25, 0.3) is 0 Å². The molecule has 2 bridgehead atoms. The van der Waals surface area contributed by atoms with E-state index < -0.39 is 5.97 Å². The van der Waals surface area contributed by atoms with Crippen molar-refractivity contribution in [1.29, 1.82) is 0 Å². The number of carboxylic acid groups (broad SMARTS) is 1. The van der Waals surface area contributed by atoms with Crippen LogP contribution < -0.4 is 0 Å². The molecule has 3 rings (SSSR count). The molecule has 7 nitrogen and oxygen atoms in total. The van der Waals surface area contributed by atoms with Gasteiger partial charge in [-0.1, -0.05) is 0 Å². The molecular formula is C17H26N2O5. The van der Waals surface area contributed by atoms with E-state index in [1.807, 2.05) is 4.90 Å². The van der Waals surface area contributed by atoms with E-state index in [2.05, 4.69) is 0 Å². The number of amides is 2. The zero-order valence-electron chi connectivity index (χ0n) is 14.1. The Kier molecular flexibility index (Phi) is 5.08. The van der Waals surface area contributed by atoms with Crippen molar-refractivity contribution in [2.24, 2.45) is 5.92 Å². The lowest BCUT2D eigenvalue weighted by molar-refractivity contribution is -0.145. The van der Waals surface area contributed by atoms with Crippen molar-refractivity contribution >= 4 is 17.8 Å². The van der Waals surface area contributed by atoms with E-state index in [0.29, 0.717) is 19.5 Å². The first-order chi connectivity index (χ1) is 11.5. The maximum absolute atomic E-state index is 12.8. The fraction of sp³-hybridized carbons (Fsp3) is 0.824. The second-order valence-electron chi connectivity index (χ2n) is 7.17. The van der Waals surface area contributed by atoms with Crippen LogP contribution in [-0.4, -0.2) is 70.6 Å². The van der Waals surface area contributed by atoms with E-state index in [1.165, 1.54) is 11.8 Å². The summed E-state index contributed by atoms with van der Waals surface area (Å²) < 4.78 is 5.80. The highest BCUT2D eigenvalue weighted by Crippen LogP contribution is 2.39. The van der Waals surface area contributed by atoms with Gasteiger partial charge in [-0.25, -0.2) is 0 Å². The Balaban J connectivity index is 1.59. The minimum Gasteiger partial charge on any atom is -0.480 e. The lowest BCUT2D eigenvalue weighted by atomic mass is 9.88. The molecule has 3 saturated heterocycles. The summed E-state index contributed by atoms with van der Waals surface area (Å²) in [5.74, 6) is -1.05. The Hall–Kier alpha value is -1.63. The largest absolute Gasteiger partial charge is 0.480 e. The van der Waals surface area contributed by atoms with E-state index in [0.717, 1.165) is 32.1 Å². The molecule has 0 aromatic rings. The third-order valence-corrected chi connectivity index (χ3v) is 5.58. The highest BCUT2D eigenvalue weighted by molar-refractivity contribution is 5.81. The molecule has 7 heteroatoms. The topological polar surface area (TPSA) is 87.2 Å². The van der Waals surface area contributed by atoms with Gasteiger partial charge in [-0.2, -0.15) is 0 Å². The van der Waals surface area contributed by atoms with Gasteiger partial charge < -0.3 is 19.6 Å². The number of likely N-dealkylation sites (tertiary alicyclic amines) is 1. The van der Waals surface area contributed by atoms with Crippen molar-refractivity contribution < 1.29 is 24.2 Å².